The monoisotopic (exact) mass is 275 g/mol. The summed E-state index contributed by atoms with van der Waals surface area (Å²) in [7, 11) is 1.97. The molecule has 1 fully saturated rings. The molecule has 0 heterocycles. The van der Waals surface area contributed by atoms with Crippen LogP contribution in [0.2, 0.25) is 5.02 Å². The van der Waals surface area contributed by atoms with E-state index in [1.54, 1.807) is 12.1 Å². The van der Waals surface area contributed by atoms with E-state index in [4.69, 9.17) is 11.6 Å². The Hall–Kier alpha value is -1.38. The van der Waals surface area contributed by atoms with Gasteiger partial charge in [-0.15, -0.1) is 0 Å². The third-order valence-corrected chi connectivity index (χ3v) is 4.12. The number of rotatable bonds is 3. The smallest absolute Gasteiger partial charge is 0.132 e. The fourth-order valence-corrected chi connectivity index (χ4v) is 2.67. The van der Waals surface area contributed by atoms with Crippen molar-refractivity contribution in [2.24, 2.45) is 0 Å². The average Bonchev–Trinajstić information content (AvgIpc) is 3.20. The van der Waals surface area contributed by atoms with Crippen molar-refractivity contribution in [2.45, 2.75) is 18.4 Å². The Morgan fingerprint density at radius 1 is 1.16 bits per heavy atom. The van der Waals surface area contributed by atoms with E-state index in [0.29, 0.717) is 10.6 Å². The Morgan fingerprint density at radius 3 is 2.58 bits per heavy atom. The molecule has 3 heteroatoms. The SMILES string of the molecule is CNC1(c2cccc(-c3ccc(Cl)cc3F)c2)CC1. The van der Waals surface area contributed by atoms with Crippen LogP contribution in [-0.2, 0) is 5.54 Å². The van der Waals surface area contributed by atoms with E-state index in [2.05, 4.69) is 17.4 Å². The maximum absolute atomic E-state index is 14.0. The topological polar surface area (TPSA) is 12.0 Å². The number of benzene rings is 2. The van der Waals surface area contributed by atoms with Crippen molar-refractivity contribution in [2.75, 3.05) is 7.05 Å². The number of nitrogens with one attached hydrogen (secondary N) is 1. The molecule has 1 N–H and O–H groups in total. The Bertz CT molecular complexity index is 620. The van der Waals surface area contributed by atoms with Crippen molar-refractivity contribution >= 4 is 11.6 Å². The molecule has 98 valence electrons. The second kappa shape index (κ2) is 4.62. The second-order valence-electron chi connectivity index (χ2n) is 5.04. The standard InChI is InChI=1S/C16H15ClFN/c1-19-16(7-8-16)12-4-2-3-11(9-12)14-6-5-13(17)10-15(14)18/h2-6,9-10,19H,7-8H2,1H3. The van der Waals surface area contributed by atoms with Crippen molar-refractivity contribution in [1.82, 2.24) is 5.32 Å². The summed E-state index contributed by atoms with van der Waals surface area (Å²) in [5, 5.41) is 3.78. The van der Waals surface area contributed by atoms with Crippen LogP contribution in [0, 0.1) is 5.82 Å². The van der Waals surface area contributed by atoms with Gasteiger partial charge >= 0.3 is 0 Å². The maximum Gasteiger partial charge on any atom is 0.132 e. The van der Waals surface area contributed by atoms with E-state index in [9.17, 15) is 4.39 Å². The number of hydrogen-bond donors (Lipinski definition) is 1. The van der Waals surface area contributed by atoms with Gasteiger partial charge in [-0.2, -0.15) is 0 Å². The fourth-order valence-electron chi connectivity index (χ4n) is 2.52. The summed E-state index contributed by atoms with van der Waals surface area (Å²) in [4.78, 5) is 0. The molecule has 1 nitrogen and oxygen atoms in total. The lowest BCUT2D eigenvalue weighted by Crippen LogP contribution is -2.24. The van der Waals surface area contributed by atoms with Gasteiger partial charge in [-0.25, -0.2) is 4.39 Å². The van der Waals surface area contributed by atoms with Gasteiger partial charge in [-0.05, 0) is 55.3 Å². The highest BCUT2D eigenvalue weighted by atomic mass is 35.5. The lowest BCUT2D eigenvalue weighted by molar-refractivity contribution is 0.585. The Balaban J connectivity index is 2.04. The van der Waals surface area contributed by atoms with Crippen molar-refractivity contribution in [1.29, 1.82) is 0 Å². The number of halogens is 2. The van der Waals surface area contributed by atoms with Crippen LogP contribution < -0.4 is 5.32 Å². The average molecular weight is 276 g/mol. The van der Waals surface area contributed by atoms with Crippen LogP contribution in [0.15, 0.2) is 42.5 Å². The first kappa shape index (κ1) is 12.6. The normalized spacial score (nSPS) is 16.4. The van der Waals surface area contributed by atoms with E-state index in [0.717, 1.165) is 18.4 Å². The van der Waals surface area contributed by atoms with E-state index < -0.39 is 0 Å². The molecule has 3 rings (SSSR count). The minimum atomic E-state index is -0.279. The molecule has 0 unspecified atom stereocenters. The van der Waals surface area contributed by atoms with Gasteiger partial charge in [0.15, 0.2) is 0 Å². The molecule has 2 aromatic rings. The molecule has 0 radical (unpaired) electrons. The molecule has 1 aliphatic rings. The van der Waals surface area contributed by atoms with Gasteiger partial charge in [-0.1, -0.05) is 29.8 Å². The first-order valence-corrected chi connectivity index (χ1v) is 6.77. The highest BCUT2D eigenvalue weighted by molar-refractivity contribution is 6.30. The molecule has 2 aromatic carbocycles. The predicted octanol–water partition coefficient (Wildman–Crippen LogP) is 4.35. The molecule has 0 spiro atoms. The third kappa shape index (κ3) is 2.26. The summed E-state index contributed by atoms with van der Waals surface area (Å²) in [6.45, 7) is 0. The summed E-state index contributed by atoms with van der Waals surface area (Å²) in [5.41, 5.74) is 2.81. The van der Waals surface area contributed by atoms with Crippen molar-refractivity contribution in [3.8, 4) is 11.1 Å². The quantitative estimate of drug-likeness (QED) is 0.878. The van der Waals surface area contributed by atoms with E-state index in [1.807, 2.05) is 19.2 Å². The molecule has 1 aliphatic carbocycles. The van der Waals surface area contributed by atoms with Crippen LogP contribution in [-0.4, -0.2) is 7.05 Å². The van der Waals surface area contributed by atoms with Gasteiger partial charge in [0.2, 0.25) is 0 Å². The molecule has 0 aliphatic heterocycles. The summed E-state index contributed by atoms with van der Waals surface area (Å²) < 4.78 is 14.0. The van der Waals surface area contributed by atoms with E-state index in [1.165, 1.54) is 11.6 Å². The molecule has 0 aromatic heterocycles. The molecular weight excluding hydrogens is 261 g/mol. The van der Waals surface area contributed by atoms with Crippen LogP contribution in [0.1, 0.15) is 18.4 Å². The third-order valence-electron chi connectivity index (χ3n) is 3.89. The van der Waals surface area contributed by atoms with Gasteiger partial charge in [0.1, 0.15) is 5.82 Å². The molecule has 0 atom stereocenters. The minimum Gasteiger partial charge on any atom is -0.310 e. The first-order valence-electron chi connectivity index (χ1n) is 6.39. The lowest BCUT2D eigenvalue weighted by Gasteiger charge is -2.16. The first-order chi connectivity index (χ1) is 9.14. The molecule has 0 bridgehead atoms. The largest absolute Gasteiger partial charge is 0.310 e. The van der Waals surface area contributed by atoms with E-state index >= 15 is 0 Å². The van der Waals surface area contributed by atoms with Crippen molar-refractivity contribution in [3.05, 3.63) is 58.9 Å². The zero-order valence-corrected chi connectivity index (χ0v) is 11.5. The van der Waals surface area contributed by atoms with Crippen LogP contribution in [0.3, 0.4) is 0 Å². The summed E-state index contributed by atoms with van der Waals surface area (Å²) in [6, 6.07) is 12.9. The van der Waals surface area contributed by atoms with Crippen LogP contribution in [0.25, 0.3) is 11.1 Å². The van der Waals surface area contributed by atoms with E-state index in [-0.39, 0.29) is 11.4 Å². The Kier molecular flexibility index (Phi) is 3.08. The van der Waals surface area contributed by atoms with Crippen LogP contribution in [0.5, 0.6) is 0 Å². The Morgan fingerprint density at radius 2 is 1.95 bits per heavy atom. The molecule has 19 heavy (non-hydrogen) atoms. The van der Waals surface area contributed by atoms with Crippen molar-refractivity contribution < 1.29 is 4.39 Å². The Labute approximate surface area is 117 Å². The predicted molar refractivity (Wildman–Crippen MR) is 76.8 cm³/mol. The summed E-state index contributed by atoms with van der Waals surface area (Å²) in [6.07, 6.45) is 2.27. The maximum atomic E-state index is 14.0. The highest BCUT2D eigenvalue weighted by Gasteiger charge is 2.42. The summed E-state index contributed by atoms with van der Waals surface area (Å²) >= 11 is 5.79. The van der Waals surface area contributed by atoms with Gasteiger partial charge < -0.3 is 5.32 Å². The fraction of sp³-hybridized carbons (Fsp3) is 0.250. The molecule has 0 amide bonds. The highest BCUT2D eigenvalue weighted by Crippen LogP contribution is 2.45. The molecule has 1 saturated carbocycles. The molecular formula is C16H15ClFN. The van der Waals surface area contributed by atoms with Crippen molar-refractivity contribution in [3.63, 3.8) is 0 Å². The zero-order valence-electron chi connectivity index (χ0n) is 10.7. The van der Waals surface area contributed by atoms with Crippen LogP contribution >= 0.6 is 11.6 Å². The lowest BCUT2D eigenvalue weighted by atomic mass is 9.98. The zero-order chi connectivity index (χ0) is 13.5. The van der Waals surface area contributed by atoms with Gasteiger partial charge in [0, 0.05) is 16.1 Å². The number of hydrogen-bond acceptors (Lipinski definition) is 1. The summed E-state index contributed by atoms with van der Waals surface area (Å²) in [5.74, 6) is -0.279. The van der Waals surface area contributed by atoms with Gasteiger partial charge in [0.25, 0.3) is 0 Å². The van der Waals surface area contributed by atoms with Gasteiger partial charge in [-0.3, -0.25) is 0 Å². The molecule has 0 saturated heterocycles. The second-order valence-corrected chi connectivity index (χ2v) is 5.47. The van der Waals surface area contributed by atoms with Crippen LogP contribution in [0.4, 0.5) is 4.39 Å². The van der Waals surface area contributed by atoms with Gasteiger partial charge in [0.05, 0.1) is 0 Å². The minimum absolute atomic E-state index is 0.0961.